The van der Waals surface area contributed by atoms with Crippen LogP contribution in [0.4, 0.5) is 0 Å². The van der Waals surface area contributed by atoms with E-state index in [0.717, 1.165) is 16.9 Å². The van der Waals surface area contributed by atoms with Crippen molar-refractivity contribution in [2.75, 3.05) is 14.2 Å². The Labute approximate surface area is 196 Å². The number of methoxy groups -OCH3 is 2. The van der Waals surface area contributed by atoms with Crippen molar-refractivity contribution in [2.45, 2.75) is 24.4 Å². The van der Waals surface area contributed by atoms with Crippen molar-refractivity contribution in [3.63, 3.8) is 0 Å². The average molecular weight is 485 g/mol. The lowest BCUT2D eigenvalue weighted by atomic mass is 10.1. The summed E-state index contributed by atoms with van der Waals surface area (Å²) < 4.78 is 41.9. The van der Waals surface area contributed by atoms with Crippen molar-refractivity contribution in [1.29, 1.82) is 0 Å². The summed E-state index contributed by atoms with van der Waals surface area (Å²) in [5.74, 6) is 1.15. The van der Waals surface area contributed by atoms with E-state index >= 15 is 0 Å². The summed E-state index contributed by atoms with van der Waals surface area (Å²) in [6.07, 6.45) is 0. The molecule has 0 aliphatic rings. The standard InChI is InChI=1S/C24H24N2O5S2/c1-16(20-13-18(30-2)9-12-22(20)31-3)25-33(28,29)19-10-11-21-23(14-19)32-24(27)26(21)15-17-7-5-4-6-8-17/h4-14,16,25H,15H2,1-3H3/t16-/m1/s1. The quantitative estimate of drug-likeness (QED) is 0.406. The van der Waals surface area contributed by atoms with Gasteiger partial charge in [-0.05, 0) is 48.9 Å². The molecule has 33 heavy (non-hydrogen) atoms. The summed E-state index contributed by atoms with van der Waals surface area (Å²) in [5, 5.41) is 0. The minimum atomic E-state index is -3.86. The van der Waals surface area contributed by atoms with Gasteiger partial charge < -0.3 is 9.47 Å². The highest BCUT2D eigenvalue weighted by Gasteiger charge is 2.22. The third-order valence-corrected chi connectivity index (χ3v) is 7.85. The van der Waals surface area contributed by atoms with Gasteiger partial charge in [0, 0.05) is 11.6 Å². The third-order valence-electron chi connectivity index (χ3n) is 5.37. The van der Waals surface area contributed by atoms with Gasteiger partial charge in [0.2, 0.25) is 10.0 Å². The lowest BCUT2D eigenvalue weighted by Crippen LogP contribution is -2.27. The Kier molecular flexibility index (Phi) is 6.55. The molecule has 3 aromatic carbocycles. The van der Waals surface area contributed by atoms with Gasteiger partial charge in [0.05, 0.1) is 35.9 Å². The van der Waals surface area contributed by atoms with Gasteiger partial charge in [0.1, 0.15) is 11.5 Å². The van der Waals surface area contributed by atoms with Crippen LogP contribution in [0.3, 0.4) is 0 Å². The van der Waals surface area contributed by atoms with Crippen LogP contribution in [0.5, 0.6) is 11.5 Å². The van der Waals surface area contributed by atoms with Gasteiger partial charge in [0.25, 0.3) is 0 Å². The van der Waals surface area contributed by atoms with Gasteiger partial charge >= 0.3 is 4.87 Å². The SMILES string of the molecule is COc1ccc(OC)c([C@@H](C)NS(=O)(=O)c2ccc3c(c2)sc(=O)n3Cc2ccccc2)c1. The van der Waals surface area contributed by atoms with Crippen LogP contribution >= 0.6 is 11.3 Å². The van der Waals surface area contributed by atoms with Crippen molar-refractivity contribution in [3.8, 4) is 11.5 Å². The zero-order valence-corrected chi connectivity index (χ0v) is 20.1. The molecule has 0 bridgehead atoms. The van der Waals surface area contributed by atoms with Gasteiger partial charge in [0.15, 0.2) is 0 Å². The van der Waals surface area contributed by atoms with E-state index < -0.39 is 16.1 Å². The van der Waals surface area contributed by atoms with E-state index in [0.29, 0.717) is 33.8 Å². The number of rotatable bonds is 8. The monoisotopic (exact) mass is 484 g/mol. The molecular weight excluding hydrogens is 460 g/mol. The number of sulfonamides is 1. The minimum Gasteiger partial charge on any atom is -0.497 e. The van der Waals surface area contributed by atoms with Gasteiger partial charge in [-0.25, -0.2) is 13.1 Å². The van der Waals surface area contributed by atoms with Crippen LogP contribution in [0.2, 0.25) is 0 Å². The molecule has 1 atom stereocenters. The van der Waals surface area contributed by atoms with Crippen molar-refractivity contribution in [1.82, 2.24) is 9.29 Å². The molecule has 172 valence electrons. The van der Waals surface area contributed by atoms with Crippen LogP contribution in [-0.2, 0) is 16.6 Å². The van der Waals surface area contributed by atoms with Crippen LogP contribution in [-0.4, -0.2) is 27.2 Å². The van der Waals surface area contributed by atoms with Crippen molar-refractivity contribution < 1.29 is 17.9 Å². The maximum absolute atomic E-state index is 13.1. The largest absolute Gasteiger partial charge is 0.497 e. The zero-order chi connectivity index (χ0) is 23.6. The van der Waals surface area contributed by atoms with Gasteiger partial charge in [-0.1, -0.05) is 41.7 Å². The number of nitrogens with one attached hydrogen (secondary N) is 1. The molecule has 0 amide bonds. The van der Waals surface area contributed by atoms with E-state index in [2.05, 4.69) is 4.72 Å². The smallest absolute Gasteiger partial charge is 0.308 e. The molecule has 0 fully saturated rings. The molecule has 1 aromatic heterocycles. The molecular formula is C24H24N2O5S2. The Morgan fingerprint density at radius 1 is 1.00 bits per heavy atom. The second-order valence-corrected chi connectivity index (χ2v) is 10.2. The maximum Gasteiger partial charge on any atom is 0.308 e. The molecule has 7 nitrogen and oxygen atoms in total. The fraction of sp³-hybridized carbons (Fsp3) is 0.208. The van der Waals surface area contributed by atoms with E-state index in [1.54, 1.807) is 48.9 Å². The lowest BCUT2D eigenvalue weighted by Gasteiger charge is -2.18. The normalized spacial score (nSPS) is 12.6. The summed E-state index contributed by atoms with van der Waals surface area (Å²) in [6.45, 7) is 2.17. The summed E-state index contributed by atoms with van der Waals surface area (Å²) in [6, 6.07) is 19.1. The number of thiazole rings is 1. The van der Waals surface area contributed by atoms with Crippen LogP contribution < -0.4 is 19.1 Å². The average Bonchev–Trinajstić information content (AvgIpc) is 3.13. The first kappa shape index (κ1) is 23.0. The van der Waals surface area contributed by atoms with Crippen LogP contribution in [0.25, 0.3) is 10.2 Å². The first-order chi connectivity index (χ1) is 15.8. The number of fused-ring (bicyclic) bond motifs is 1. The number of nitrogens with zero attached hydrogens (tertiary/aromatic N) is 1. The minimum absolute atomic E-state index is 0.0943. The van der Waals surface area contributed by atoms with Crippen LogP contribution in [0, 0.1) is 0 Å². The summed E-state index contributed by atoms with van der Waals surface area (Å²) >= 11 is 1.03. The predicted molar refractivity (Wildman–Crippen MR) is 130 cm³/mol. The molecule has 0 saturated carbocycles. The topological polar surface area (TPSA) is 86.6 Å². The molecule has 9 heteroatoms. The van der Waals surface area contributed by atoms with E-state index in [1.807, 2.05) is 30.3 Å². The summed E-state index contributed by atoms with van der Waals surface area (Å²) in [7, 11) is -0.780. The molecule has 0 spiro atoms. The highest BCUT2D eigenvalue weighted by atomic mass is 32.2. The van der Waals surface area contributed by atoms with E-state index in [-0.39, 0.29) is 9.77 Å². The molecule has 4 aromatic rings. The van der Waals surface area contributed by atoms with Gasteiger partial charge in [-0.3, -0.25) is 9.36 Å². The first-order valence-corrected chi connectivity index (χ1v) is 12.5. The second kappa shape index (κ2) is 9.38. The number of hydrogen-bond donors (Lipinski definition) is 1. The number of aromatic nitrogens is 1. The maximum atomic E-state index is 13.1. The van der Waals surface area contributed by atoms with Crippen molar-refractivity contribution in [3.05, 3.63) is 87.5 Å². The van der Waals surface area contributed by atoms with Gasteiger partial charge in [-0.15, -0.1) is 0 Å². The molecule has 0 unspecified atom stereocenters. The fourth-order valence-electron chi connectivity index (χ4n) is 3.67. The lowest BCUT2D eigenvalue weighted by molar-refractivity contribution is 0.395. The van der Waals surface area contributed by atoms with E-state index in [9.17, 15) is 13.2 Å². The van der Waals surface area contributed by atoms with E-state index in [1.165, 1.54) is 13.2 Å². The number of benzene rings is 3. The number of ether oxygens (including phenoxy) is 2. The third kappa shape index (κ3) is 4.80. The predicted octanol–water partition coefficient (Wildman–Crippen LogP) is 4.17. The molecule has 1 N–H and O–H groups in total. The Morgan fingerprint density at radius 2 is 1.76 bits per heavy atom. The number of hydrogen-bond acceptors (Lipinski definition) is 6. The van der Waals surface area contributed by atoms with Crippen LogP contribution in [0.1, 0.15) is 24.1 Å². The highest BCUT2D eigenvalue weighted by molar-refractivity contribution is 7.89. The summed E-state index contributed by atoms with van der Waals surface area (Å²) in [5.41, 5.74) is 2.36. The van der Waals surface area contributed by atoms with Crippen molar-refractivity contribution in [2.24, 2.45) is 0 Å². The zero-order valence-electron chi connectivity index (χ0n) is 18.4. The molecule has 4 rings (SSSR count). The summed E-state index contributed by atoms with van der Waals surface area (Å²) in [4.78, 5) is 12.5. The Morgan fingerprint density at radius 3 is 2.45 bits per heavy atom. The fourth-order valence-corrected chi connectivity index (χ4v) is 5.92. The van der Waals surface area contributed by atoms with Crippen LogP contribution in [0.15, 0.2) is 76.4 Å². The molecule has 0 radical (unpaired) electrons. The molecule has 0 saturated heterocycles. The molecule has 0 aliphatic heterocycles. The molecule has 0 aliphatic carbocycles. The highest BCUT2D eigenvalue weighted by Crippen LogP contribution is 2.31. The van der Waals surface area contributed by atoms with Gasteiger partial charge in [-0.2, -0.15) is 0 Å². The molecule has 1 heterocycles. The first-order valence-electron chi connectivity index (χ1n) is 10.2. The Bertz CT molecular complexity index is 1440. The second-order valence-electron chi connectivity index (χ2n) is 7.52. The Hall–Kier alpha value is -3.14. The Balaban J connectivity index is 1.64. The van der Waals surface area contributed by atoms with Crippen molar-refractivity contribution >= 4 is 31.6 Å². The van der Waals surface area contributed by atoms with E-state index in [4.69, 9.17) is 9.47 Å².